The van der Waals surface area contributed by atoms with Gasteiger partial charge in [0.15, 0.2) is 0 Å². The topological polar surface area (TPSA) is 42.2 Å². The minimum Gasteiger partial charge on any atom is -0.465 e. The highest BCUT2D eigenvalue weighted by Gasteiger charge is 2.09. The van der Waals surface area contributed by atoms with E-state index in [2.05, 4.69) is 25.2 Å². The number of nitrogens with one attached hydrogen (secondary N) is 1. The third-order valence-corrected chi connectivity index (χ3v) is 3.30. The van der Waals surface area contributed by atoms with Crippen LogP contribution in [-0.2, 0) is 4.79 Å². The fourth-order valence-electron chi connectivity index (χ4n) is 1.98. The first-order valence-corrected chi connectivity index (χ1v) is 6.82. The van der Waals surface area contributed by atoms with Crippen molar-refractivity contribution in [2.75, 3.05) is 5.32 Å². The van der Waals surface area contributed by atoms with Gasteiger partial charge in [-0.3, -0.25) is 4.79 Å². The van der Waals surface area contributed by atoms with Gasteiger partial charge < -0.3 is 9.73 Å². The van der Waals surface area contributed by atoms with Gasteiger partial charge in [-0.05, 0) is 42.2 Å². The molecule has 0 radical (unpaired) electrons. The van der Waals surface area contributed by atoms with E-state index in [9.17, 15) is 4.79 Å². The van der Waals surface area contributed by atoms with E-state index >= 15 is 0 Å². The molecule has 3 nitrogen and oxygen atoms in total. The highest BCUT2D eigenvalue weighted by molar-refractivity contribution is 6.02. The molecule has 0 spiro atoms. The van der Waals surface area contributed by atoms with Gasteiger partial charge in [-0.1, -0.05) is 32.0 Å². The molecule has 1 aromatic carbocycles. The molecule has 20 heavy (non-hydrogen) atoms. The van der Waals surface area contributed by atoms with Crippen LogP contribution in [0.15, 0.2) is 53.2 Å². The van der Waals surface area contributed by atoms with Crippen molar-refractivity contribution in [3.8, 4) is 0 Å². The number of amides is 1. The first-order chi connectivity index (χ1) is 9.70. The number of anilines is 1. The number of hydrogen-bond donors (Lipinski definition) is 1. The Kier molecular flexibility index (Phi) is 4.77. The molecule has 0 saturated carbocycles. The Balaban J connectivity index is 2.08. The van der Waals surface area contributed by atoms with Crippen molar-refractivity contribution in [2.45, 2.75) is 26.2 Å². The van der Waals surface area contributed by atoms with Gasteiger partial charge in [-0.15, -0.1) is 0 Å². The molecular weight excluding hydrogens is 250 g/mol. The lowest BCUT2D eigenvalue weighted by Crippen LogP contribution is -2.10. The van der Waals surface area contributed by atoms with Gasteiger partial charge in [0.1, 0.15) is 5.76 Å². The average Bonchev–Trinajstić information content (AvgIpc) is 2.98. The quantitative estimate of drug-likeness (QED) is 0.815. The predicted octanol–water partition coefficient (Wildman–Crippen LogP) is 4.45. The summed E-state index contributed by atoms with van der Waals surface area (Å²) in [6.07, 6.45) is 5.75. The molecule has 0 aliphatic carbocycles. The SMILES string of the molecule is CC[C@@H](C)c1ccccc1NC(=O)/C=C\c1ccco1. The maximum absolute atomic E-state index is 11.9. The molecule has 2 aromatic rings. The van der Waals surface area contributed by atoms with E-state index in [0.717, 1.165) is 17.7 Å². The van der Waals surface area contributed by atoms with E-state index in [-0.39, 0.29) is 5.91 Å². The highest BCUT2D eigenvalue weighted by Crippen LogP contribution is 2.26. The van der Waals surface area contributed by atoms with Gasteiger partial charge in [-0.25, -0.2) is 0 Å². The van der Waals surface area contributed by atoms with Crippen molar-refractivity contribution in [3.05, 3.63) is 60.1 Å². The zero-order chi connectivity index (χ0) is 14.4. The van der Waals surface area contributed by atoms with E-state index < -0.39 is 0 Å². The third-order valence-electron chi connectivity index (χ3n) is 3.30. The summed E-state index contributed by atoms with van der Waals surface area (Å²) in [5.74, 6) is 0.924. The van der Waals surface area contributed by atoms with E-state index in [1.165, 1.54) is 6.08 Å². The number of carbonyl (C=O) groups is 1. The van der Waals surface area contributed by atoms with E-state index in [1.807, 2.05) is 18.2 Å². The van der Waals surface area contributed by atoms with E-state index in [1.54, 1.807) is 24.5 Å². The van der Waals surface area contributed by atoms with Crippen LogP contribution in [-0.4, -0.2) is 5.91 Å². The molecule has 1 amide bonds. The second-order valence-corrected chi connectivity index (χ2v) is 4.73. The molecule has 0 unspecified atom stereocenters. The normalized spacial score (nSPS) is 12.5. The van der Waals surface area contributed by atoms with Crippen LogP contribution >= 0.6 is 0 Å². The summed E-state index contributed by atoms with van der Waals surface area (Å²) in [6.45, 7) is 4.30. The fraction of sp³-hybridized carbons (Fsp3) is 0.235. The predicted molar refractivity (Wildman–Crippen MR) is 81.5 cm³/mol. The van der Waals surface area contributed by atoms with Gasteiger partial charge in [0.2, 0.25) is 5.91 Å². The van der Waals surface area contributed by atoms with Crippen LogP contribution in [0, 0.1) is 0 Å². The number of furan rings is 1. The standard InChI is InChI=1S/C17H19NO2/c1-3-13(2)15-8-4-5-9-16(15)18-17(19)11-10-14-7-6-12-20-14/h4-13H,3H2,1-2H3,(H,18,19)/b11-10-/t13-/m1/s1. The number of rotatable bonds is 5. The van der Waals surface area contributed by atoms with Crippen molar-refractivity contribution >= 4 is 17.7 Å². The molecule has 3 heteroatoms. The summed E-state index contributed by atoms with van der Waals surface area (Å²) < 4.78 is 5.15. The highest BCUT2D eigenvalue weighted by atomic mass is 16.3. The monoisotopic (exact) mass is 269 g/mol. The Labute approximate surface area is 119 Å². The zero-order valence-electron chi connectivity index (χ0n) is 11.8. The second kappa shape index (κ2) is 6.75. The number of carbonyl (C=O) groups excluding carboxylic acids is 1. The maximum Gasteiger partial charge on any atom is 0.248 e. The summed E-state index contributed by atoms with van der Waals surface area (Å²) in [7, 11) is 0. The van der Waals surface area contributed by atoms with Crippen molar-refractivity contribution in [2.24, 2.45) is 0 Å². The van der Waals surface area contributed by atoms with Crippen LogP contribution in [0.5, 0.6) is 0 Å². The van der Waals surface area contributed by atoms with Crippen LogP contribution in [0.25, 0.3) is 6.08 Å². The second-order valence-electron chi connectivity index (χ2n) is 4.73. The largest absolute Gasteiger partial charge is 0.465 e. The molecule has 104 valence electrons. The zero-order valence-corrected chi connectivity index (χ0v) is 11.8. The average molecular weight is 269 g/mol. The lowest BCUT2D eigenvalue weighted by atomic mass is 9.97. The van der Waals surface area contributed by atoms with E-state index in [0.29, 0.717) is 11.7 Å². The Morgan fingerprint density at radius 2 is 2.10 bits per heavy atom. The van der Waals surface area contributed by atoms with Gasteiger partial charge >= 0.3 is 0 Å². The summed E-state index contributed by atoms with van der Waals surface area (Å²) in [5, 5.41) is 2.92. The van der Waals surface area contributed by atoms with Crippen molar-refractivity contribution in [1.29, 1.82) is 0 Å². The number of hydrogen-bond acceptors (Lipinski definition) is 2. The van der Waals surface area contributed by atoms with Crippen molar-refractivity contribution in [1.82, 2.24) is 0 Å². The molecule has 2 rings (SSSR count). The molecular formula is C17H19NO2. The minimum absolute atomic E-state index is 0.155. The molecule has 0 saturated heterocycles. The van der Waals surface area contributed by atoms with Gasteiger partial charge in [0, 0.05) is 11.8 Å². The maximum atomic E-state index is 11.9. The molecule has 1 aromatic heterocycles. The molecule has 0 fully saturated rings. The molecule has 1 atom stereocenters. The Hall–Kier alpha value is -2.29. The molecule has 1 N–H and O–H groups in total. The van der Waals surface area contributed by atoms with Crippen LogP contribution < -0.4 is 5.32 Å². The Bertz CT molecular complexity index is 585. The molecule has 1 heterocycles. The van der Waals surface area contributed by atoms with Gasteiger partial charge in [0.05, 0.1) is 6.26 Å². The first kappa shape index (κ1) is 14.1. The van der Waals surface area contributed by atoms with Crippen LogP contribution in [0.1, 0.15) is 37.5 Å². The van der Waals surface area contributed by atoms with Gasteiger partial charge in [0.25, 0.3) is 0 Å². The van der Waals surface area contributed by atoms with Crippen LogP contribution in [0.2, 0.25) is 0 Å². The number of para-hydroxylation sites is 1. The first-order valence-electron chi connectivity index (χ1n) is 6.82. The van der Waals surface area contributed by atoms with E-state index in [4.69, 9.17) is 4.42 Å². The fourth-order valence-corrected chi connectivity index (χ4v) is 1.98. The molecule has 0 aliphatic heterocycles. The summed E-state index contributed by atoms with van der Waals surface area (Å²) in [4.78, 5) is 11.9. The summed E-state index contributed by atoms with van der Waals surface area (Å²) in [5.41, 5.74) is 2.03. The smallest absolute Gasteiger partial charge is 0.248 e. The Morgan fingerprint density at radius 3 is 2.80 bits per heavy atom. The molecule has 0 aliphatic rings. The van der Waals surface area contributed by atoms with Crippen LogP contribution in [0.4, 0.5) is 5.69 Å². The lowest BCUT2D eigenvalue weighted by molar-refractivity contribution is -0.111. The summed E-state index contributed by atoms with van der Waals surface area (Å²) in [6, 6.07) is 11.5. The van der Waals surface area contributed by atoms with Gasteiger partial charge in [-0.2, -0.15) is 0 Å². The Morgan fingerprint density at radius 1 is 1.30 bits per heavy atom. The van der Waals surface area contributed by atoms with Crippen LogP contribution in [0.3, 0.4) is 0 Å². The van der Waals surface area contributed by atoms with Crippen molar-refractivity contribution < 1.29 is 9.21 Å². The van der Waals surface area contributed by atoms with Crippen molar-refractivity contribution in [3.63, 3.8) is 0 Å². The molecule has 0 bridgehead atoms. The third kappa shape index (κ3) is 3.60. The summed E-state index contributed by atoms with van der Waals surface area (Å²) >= 11 is 0. The minimum atomic E-state index is -0.155. The lowest BCUT2D eigenvalue weighted by Gasteiger charge is -2.14. The number of benzene rings is 1.